The molecule has 0 aliphatic heterocycles. The average Bonchev–Trinajstić information content (AvgIpc) is 1.96. The van der Waals surface area contributed by atoms with Crippen LogP contribution in [0.3, 0.4) is 0 Å². The van der Waals surface area contributed by atoms with Gasteiger partial charge in [-0.05, 0) is 0 Å². The number of halogens is 2. The molecule has 4 heteroatoms. The van der Waals surface area contributed by atoms with Crippen molar-refractivity contribution in [3.8, 4) is 0 Å². The molecule has 0 saturated carbocycles. The summed E-state index contributed by atoms with van der Waals surface area (Å²) < 4.78 is 23.0. The van der Waals surface area contributed by atoms with Gasteiger partial charge in [-0.2, -0.15) is 0 Å². The Kier molecular flexibility index (Phi) is 7.29. The molecule has 2 N–H and O–H groups in total. The molecule has 0 amide bonds. The standard InChI is InChI=1S/C7H14F2N2/c1-2-3-10-4-5-11-6-7(8)9/h2,7,10-11H,1,3-6H2. The molecular weight excluding hydrogens is 150 g/mol. The zero-order chi connectivity index (χ0) is 8.53. The van der Waals surface area contributed by atoms with Crippen molar-refractivity contribution in [2.24, 2.45) is 0 Å². The Morgan fingerprint density at radius 1 is 1.27 bits per heavy atom. The van der Waals surface area contributed by atoms with E-state index in [0.717, 1.165) is 6.54 Å². The maximum absolute atomic E-state index is 11.5. The molecule has 0 unspecified atom stereocenters. The first-order valence-corrected chi connectivity index (χ1v) is 3.58. The molecule has 0 aliphatic rings. The third-order valence-corrected chi connectivity index (χ3v) is 1.07. The monoisotopic (exact) mass is 164 g/mol. The van der Waals surface area contributed by atoms with Gasteiger partial charge in [-0.15, -0.1) is 6.58 Å². The van der Waals surface area contributed by atoms with Gasteiger partial charge in [0.1, 0.15) is 0 Å². The summed E-state index contributed by atoms with van der Waals surface area (Å²) in [5.74, 6) is 0. The highest BCUT2D eigenvalue weighted by Crippen LogP contribution is 1.86. The highest BCUT2D eigenvalue weighted by molar-refractivity contribution is 4.69. The first-order valence-electron chi connectivity index (χ1n) is 3.58. The van der Waals surface area contributed by atoms with E-state index < -0.39 is 6.43 Å². The van der Waals surface area contributed by atoms with Crippen LogP contribution in [0.25, 0.3) is 0 Å². The highest BCUT2D eigenvalue weighted by atomic mass is 19.3. The van der Waals surface area contributed by atoms with Crippen molar-refractivity contribution < 1.29 is 8.78 Å². The quantitative estimate of drug-likeness (QED) is 0.425. The topological polar surface area (TPSA) is 24.1 Å². The average molecular weight is 164 g/mol. The van der Waals surface area contributed by atoms with Gasteiger partial charge in [0.05, 0.1) is 6.54 Å². The first-order chi connectivity index (χ1) is 5.27. The summed E-state index contributed by atoms with van der Waals surface area (Å²) in [6.45, 7) is 5.26. The predicted octanol–water partition coefficient (Wildman–Crippen LogP) is 0.617. The Balaban J connectivity index is 2.85. The fourth-order valence-corrected chi connectivity index (χ4v) is 0.592. The lowest BCUT2D eigenvalue weighted by atomic mass is 10.5. The minimum atomic E-state index is -2.26. The van der Waals surface area contributed by atoms with Crippen LogP contribution in [0, 0.1) is 0 Å². The minimum absolute atomic E-state index is 0.226. The molecule has 0 aromatic rings. The van der Waals surface area contributed by atoms with E-state index in [9.17, 15) is 8.78 Å². The van der Waals surface area contributed by atoms with E-state index in [2.05, 4.69) is 17.2 Å². The van der Waals surface area contributed by atoms with Crippen molar-refractivity contribution in [2.75, 3.05) is 26.2 Å². The zero-order valence-corrected chi connectivity index (χ0v) is 6.45. The van der Waals surface area contributed by atoms with Crippen LogP contribution < -0.4 is 10.6 Å². The molecule has 0 fully saturated rings. The second kappa shape index (κ2) is 7.63. The summed E-state index contributed by atoms with van der Waals surface area (Å²) in [4.78, 5) is 0. The third-order valence-electron chi connectivity index (χ3n) is 1.07. The first kappa shape index (κ1) is 10.5. The molecule has 0 rings (SSSR count). The lowest BCUT2D eigenvalue weighted by molar-refractivity contribution is 0.146. The van der Waals surface area contributed by atoms with E-state index >= 15 is 0 Å². The number of rotatable bonds is 7. The van der Waals surface area contributed by atoms with Crippen LogP contribution in [-0.4, -0.2) is 32.6 Å². The Hall–Kier alpha value is -0.480. The number of alkyl halides is 2. The largest absolute Gasteiger partial charge is 0.312 e. The maximum atomic E-state index is 11.5. The van der Waals surface area contributed by atoms with Crippen LogP contribution in [-0.2, 0) is 0 Å². The van der Waals surface area contributed by atoms with Gasteiger partial charge in [-0.25, -0.2) is 8.78 Å². The molecule has 0 aromatic heterocycles. The van der Waals surface area contributed by atoms with Crippen molar-refractivity contribution in [1.29, 1.82) is 0 Å². The van der Waals surface area contributed by atoms with E-state index in [1.165, 1.54) is 0 Å². The minimum Gasteiger partial charge on any atom is -0.312 e. The van der Waals surface area contributed by atoms with Gasteiger partial charge >= 0.3 is 0 Å². The number of hydrogen-bond donors (Lipinski definition) is 2. The molecular formula is C7H14F2N2. The van der Waals surface area contributed by atoms with Crippen LogP contribution >= 0.6 is 0 Å². The highest BCUT2D eigenvalue weighted by Gasteiger charge is 1.98. The molecule has 66 valence electrons. The van der Waals surface area contributed by atoms with Gasteiger partial charge in [-0.3, -0.25) is 0 Å². The molecule has 0 bridgehead atoms. The van der Waals surface area contributed by atoms with Crippen molar-refractivity contribution in [3.63, 3.8) is 0 Å². The fraction of sp³-hybridized carbons (Fsp3) is 0.714. The molecule has 0 radical (unpaired) electrons. The van der Waals surface area contributed by atoms with Crippen molar-refractivity contribution in [2.45, 2.75) is 6.43 Å². The van der Waals surface area contributed by atoms with Gasteiger partial charge in [0.2, 0.25) is 0 Å². The second-order valence-corrected chi connectivity index (χ2v) is 2.09. The van der Waals surface area contributed by atoms with Gasteiger partial charge in [0, 0.05) is 19.6 Å². The van der Waals surface area contributed by atoms with Crippen LogP contribution in [0.2, 0.25) is 0 Å². The molecule has 11 heavy (non-hydrogen) atoms. The normalized spacial score (nSPS) is 10.5. The molecule has 0 atom stereocenters. The Bertz CT molecular complexity index is 96.4. The van der Waals surface area contributed by atoms with Crippen LogP contribution in [0.5, 0.6) is 0 Å². The van der Waals surface area contributed by atoms with Gasteiger partial charge in [0.25, 0.3) is 6.43 Å². The summed E-state index contributed by atoms with van der Waals surface area (Å²) in [5, 5.41) is 5.58. The Morgan fingerprint density at radius 3 is 2.45 bits per heavy atom. The van der Waals surface area contributed by atoms with Gasteiger partial charge < -0.3 is 10.6 Å². The van der Waals surface area contributed by atoms with Crippen LogP contribution in [0.15, 0.2) is 12.7 Å². The predicted molar refractivity (Wildman–Crippen MR) is 41.9 cm³/mol. The summed E-state index contributed by atoms with van der Waals surface area (Å²) in [5.41, 5.74) is 0. The Morgan fingerprint density at radius 2 is 1.91 bits per heavy atom. The molecule has 0 saturated heterocycles. The lowest BCUT2D eigenvalue weighted by Gasteiger charge is -2.03. The van der Waals surface area contributed by atoms with Crippen molar-refractivity contribution in [3.05, 3.63) is 12.7 Å². The number of nitrogens with one attached hydrogen (secondary N) is 2. The summed E-state index contributed by atoms with van der Waals surface area (Å²) >= 11 is 0. The number of hydrogen-bond acceptors (Lipinski definition) is 2. The van der Waals surface area contributed by atoms with E-state index in [-0.39, 0.29) is 6.54 Å². The summed E-state index contributed by atoms with van der Waals surface area (Å²) in [6.07, 6.45) is -0.526. The summed E-state index contributed by atoms with van der Waals surface area (Å²) in [6, 6.07) is 0. The Labute approximate surface area is 65.7 Å². The maximum Gasteiger partial charge on any atom is 0.250 e. The molecule has 0 heterocycles. The van der Waals surface area contributed by atoms with E-state index in [0.29, 0.717) is 13.1 Å². The zero-order valence-electron chi connectivity index (χ0n) is 6.45. The lowest BCUT2D eigenvalue weighted by Crippen LogP contribution is -2.30. The van der Waals surface area contributed by atoms with Gasteiger partial charge in [-0.1, -0.05) is 6.08 Å². The van der Waals surface area contributed by atoms with Crippen LogP contribution in [0.4, 0.5) is 8.78 Å². The van der Waals surface area contributed by atoms with E-state index in [4.69, 9.17) is 0 Å². The molecule has 0 spiro atoms. The fourth-order valence-electron chi connectivity index (χ4n) is 0.592. The van der Waals surface area contributed by atoms with Crippen molar-refractivity contribution in [1.82, 2.24) is 10.6 Å². The molecule has 0 aliphatic carbocycles. The second-order valence-electron chi connectivity index (χ2n) is 2.09. The van der Waals surface area contributed by atoms with Crippen molar-refractivity contribution >= 4 is 0 Å². The third kappa shape index (κ3) is 9.52. The van der Waals surface area contributed by atoms with E-state index in [1.807, 2.05) is 0 Å². The summed E-state index contributed by atoms with van der Waals surface area (Å²) in [7, 11) is 0. The smallest absolute Gasteiger partial charge is 0.250 e. The van der Waals surface area contributed by atoms with E-state index in [1.54, 1.807) is 6.08 Å². The molecule has 2 nitrogen and oxygen atoms in total. The SMILES string of the molecule is C=CCNCCNCC(F)F. The van der Waals surface area contributed by atoms with Gasteiger partial charge in [0.15, 0.2) is 0 Å². The van der Waals surface area contributed by atoms with Crippen LogP contribution in [0.1, 0.15) is 0 Å². The molecule has 0 aromatic carbocycles.